The molecule has 0 radical (unpaired) electrons. The summed E-state index contributed by atoms with van der Waals surface area (Å²) in [6.45, 7) is 0. The largest absolute Gasteiger partial charge is 0.338 e. The van der Waals surface area contributed by atoms with Gasteiger partial charge in [-0.25, -0.2) is 0 Å². The van der Waals surface area contributed by atoms with Crippen LogP contribution in [0.2, 0.25) is 0 Å². The highest BCUT2D eigenvalue weighted by molar-refractivity contribution is 7.97. The van der Waals surface area contributed by atoms with Gasteiger partial charge in [0.05, 0.1) is 11.3 Å². The quantitative estimate of drug-likeness (QED) is 0.909. The summed E-state index contributed by atoms with van der Waals surface area (Å²) in [5.41, 5.74) is 7.15. The van der Waals surface area contributed by atoms with Gasteiger partial charge in [0.15, 0.2) is 5.82 Å². The molecule has 2 aromatic rings. The summed E-state index contributed by atoms with van der Waals surface area (Å²) < 4.78 is 5.30. The highest BCUT2D eigenvalue weighted by atomic mass is 35.5. The van der Waals surface area contributed by atoms with Crippen LogP contribution in [0.5, 0.6) is 0 Å². The summed E-state index contributed by atoms with van der Waals surface area (Å²) in [4.78, 5) is 8.55. The van der Waals surface area contributed by atoms with E-state index in [1.165, 1.54) is 5.56 Å². The summed E-state index contributed by atoms with van der Waals surface area (Å²) in [7, 11) is 0. The van der Waals surface area contributed by atoms with Crippen molar-refractivity contribution in [3.05, 3.63) is 41.8 Å². The van der Waals surface area contributed by atoms with Crippen molar-refractivity contribution in [1.82, 2.24) is 15.1 Å². The first-order valence-corrected chi connectivity index (χ1v) is 8.00. The molecule has 0 spiro atoms. The van der Waals surface area contributed by atoms with E-state index in [0.29, 0.717) is 17.5 Å². The zero-order chi connectivity index (χ0) is 13.8. The molecular weight excluding hydrogens is 308 g/mol. The number of nitrogens with zero attached hydrogens (tertiary/aromatic N) is 3. The van der Waals surface area contributed by atoms with Crippen molar-refractivity contribution in [3.63, 3.8) is 0 Å². The molecule has 114 valence electrons. The van der Waals surface area contributed by atoms with Crippen LogP contribution >= 0.6 is 24.2 Å². The molecule has 0 saturated heterocycles. The Morgan fingerprint density at radius 1 is 1.29 bits per heavy atom. The van der Waals surface area contributed by atoms with Crippen molar-refractivity contribution in [1.29, 1.82) is 0 Å². The molecular formula is C14H19ClN4OS. The van der Waals surface area contributed by atoms with Crippen molar-refractivity contribution in [2.24, 2.45) is 5.73 Å². The highest BCUT2D eigenvalue weighted by Gasteiger charge is 2.35. The molecule has 2 N–H and O–H groups in total. The van der Waals surface area contributed by atoms with Crippen molar-refractivity contribution in [3.8, 4) is 0 Å². The first-order valence-electron chi connectivity index (χ1n) is 6.85. The molecule has 1 saturated carbocycles. The second-order valence-electron chi connectivity index (χ2n) is 5.23. The molecule has 1 aliphatic rings. The van der Waals surface area contributed by atoms with E-state index in [1.54, 1.807) is 18.0 Å². The number of rotatable bonds is 5. The lowest BCUT2D eigenvalue weighted by Crippen LogP contribution is -2.34. The van der Waals surface area contributed by atoms with Gasteiger partial charge in [-0.05, 0) is 24.5 Å². The smallest absolute Gasteiger partial charge is 0.236 e. The van der Waals surface area contributed by atoms with Gasteiger partial charge in [0.2, 0.25) is 5.89 Å². The minimum atomic E-state index is -0.365. The maximum Gasteiger partial charge on any atom is 0.236 e. The van der Waals surface area contributed by atoms with Crippen LogP contribution in [0.4, 0.5) is 0 Å². The van der Waals surface area contributed by atoms with Gasteiger partial charge in [-0.15, -0.1) is 24.2 Å². The van der Waals surface area contributed by atoms with Gasteiger partial charge in [-0.2, -0.15) is 4.98 Å². The predicted molar refractivity (Wildman–Crippen MR) is 85.1 cm³/mol. The topological polar surface area (TPSA) is 77.8 Å². The summed E-state index contributed by atoms with van der Waals surface area (Å²) in [5, 5.41) is 4.06. The fraction of sp³-hybridized carbons (Fsp3) is 0.500. The number of pyridine rings is 1. The number of aromatic nitrogens is 3. The second-order valence-corrected chi connectivity index (χ2v) is 6.21. The first kappa shape index (κ1) is 16.3. The Kier molecular flexibility index (Phi) is 5.61. The number of nitrogens with two attached hydrogens (primary N) is 1. The molecule has 0 atom stereocenters. The monoisotopic (exact) mass is 326 g/mol. The normalized spacial score (nSPS) is 16.6. The third kappa shape index (κ3) is 3.96. The van der Waals surface area contributed by atoms with Crippen molar-refractivity contribution in [2.75, 3.05) is 0 Å². The third-order valence-electron chi connectivity index (χ3n) is 3.63. The van der Waals surface area contributed by atoms with Crippen LogP contribution in [0, 0.1) is 0 Å². The van der Waals surface area contributed by atoms with Crippen LogP contribution in [-0.2, 0) is 17.0 Å². The molecule has 1 aliphatic carbocycles. The Labute approximate surface area is 134 Å². The first-order chi connectivity index (χ1) is 9.76. The van der Waals surface area contributed by atoms with E-state index in [4.69, 9.17) is 10.3 Å². The minimum Gasteiger partial charge on any atom is -0.338 e. The maximum absolute atomic E-state index is 6.31. The summed E-state index contributed by atoms with van der Waals surface area (Å²) >= 11 is 1.74. The van der Waals surface area contributed by atoms with Crippen LogP contribution in [0.3, 0.4) is 0 Å². The molecule has 2 aromatic heterocycles. The fourth-order valence-electron chi connectivity index (χ4n) is 2.48. The molecule has 2 heterocycles. The number of thioether (sulfide) groups is 1. The van der Waals surface area contributed by atoms with E-state index < -0.39 is 0 Å². The Morgan fingerprint density at radius 3 is 2.81 bits per heavy atom. The van der Waals surface area contributed by atoms with E-state index in [-0.39, 0.29) is 17.9 Å². The Balaban J connectivity index is 0.00000161. The molecule has 0 amide bonds. The maximum atomic E-state index is 6.31. The van der Waals surface area contributed by atoms with Crippen LogP contribution in [0.15, 0.2) is 29.0 Å². The van der Waals surface area contributed by atoms with E-state index in [1.807, 2.05) is 12.3 Å². The Bertz CT molecular complexity index is 557. The molecule has 0 aliphatic heterocycles. The SMILES string of the molecule is Cl.NC1(c2noc(CSCc3cccnc3)n2)CCCC1. The highest BCUT2D eigenvalue weighted by Crippen LogP contribution is 2.34. The predicted octanol–water partition coefficient (Wildman–Crippen LogP) is 3.05. The number of halogens is 1. The fourth-order valence-corrected chi connectivity index (χ4v) is 3.29. The lowest BCUT2D eigenvalue weighted by molar-refractivity contribution is 0.355. The Morgan fingerprint density at radius 2 is 2.10 bits per heavy atom. The van der Waals surface area contributed by atoms with Crippen LogP contribution in [-0.4, -0.2) is 15.1 Å². The number of hydrogen-bond donors (Lipinski definition) is 1. The summed E-state index contributed by atoms with van der Waals surface area (Å²) in [6.07, 6.45) is 7.86. The zero-order valence-corrected chi connectivity index (χ0v) is 13.3. The molecule has 3 rings (SSSR count). The van der Waals surface area contributed by atoms with Crippen LogP contribution in [0.1, 0.15) is 43.0 Å². The van der Waals surface area contributed by atoms with Crippen LogP contribution < -0.4 is 5.73 Å². The number of hydrogen-bond acceptors (Lipinski definition) is 6. The van der Waals surface area contributed by atoms with Gasteiger partial charge < -0.3 is 10.3 Å². The van der Waals surface area contributed by atoms with Gasteiger partial charge in [0.1, 0.15) is 0 Å². The van der Waals surface area contributed by atoms with Gasteiger partial charge in [0, 0.05) is 18.1 Å². The molecule has 5 nitrogen and oxygen atoms in total. The summed E-state index contributed by atoms with van der Waals surface area (Å²) in [6, 6.07) is 4.01. The van der Waals surface area contributed by atoms with E-state index in [0.717, 1.165) is 31.4 Å². The minimum absolute atomic E-state index is 0. The van der Waals surface area contributed by atoms with Crippen molar-refractivity contribution >= 4 is 24.2 Å². The average Bonchev–Trinajstić information content (AvgIpc) is 3.10. The van der Waals surface area contributed by atoms with E-state index in [9.17, 15) is 0 Å². The molecule has 0 aromatic carbocycles. The second kappa shape index (κ2) is 7.24. The van der Waals surface area contributed by atoms with Gasteiger partial charge >= 0.3 is 0 Å². The van der Waals surface area contributed by atoms with Crippen LogP contribution in [0.25, 0.3) is 0 Å². The van der Waals surface area contributed by atoms with Gasteiger partial charge in [-0.1, -0.05) is 24.1 Å². The molecule has 7 heteroatoms. The van der Waals surface area contributed by atoms with Crippen molar-refractivity contribution < 1.29 is 4.52 Å². The molecule has 21 heavy (non-hydrogen) atoms. The average molecular weight is 327 g/mol. The molecule has 0 unspecified atom stereocenters. The molecule has 0 bridgehead atoms. The van der Waals surface area contributed by atoms with Gasteiger partial charge in [0.25, 0.3) is 0 Å². The lowest BCUT2D eigenvalue weighted by atomic mass is 9.99. The summed E-state index contributed by atoms with van der Waals surface area (Å²) in [5.74, 6) is 2.93. The lowest BCUT2D eigenvalue weighted by Gasteiger charge is -2.17. The van der Waals surface area contributed by atoms with E-state index >= 15 is 0 Å². The third-order valence-corrected chi connectivity index (χ3v) is 4.61. The van der Waals surface area contributed by atoms with Gasteiger partial charge in [-0.3, -0.25) is 4.98 Å². The standard InChI is InChI=1S/C14H18N4OS.ClH/c15-14(5-1-2-6-14)13-17-12(19-18-13)10-20-9-11-4-3-7-16-8-11;/h3-4,7-8H,1-2,5-6,9-10,15H2;1H. The van der Waals surface area contributed by atoms with Crippen molar-refractivity contribution in [2.45, 2.75) is 42.7 Å². The zero-order valence-electron chi connectivity index (χ0n) is 11.7. The van der Waals surface area contributed by atoms with E-state index in [2.05, 4.69) is 21.2 Å². The Hall–Kier alpha value is -1.11. The molecule has 1 fully saturated rings.